The van der Waals surface area contributed by atoms with Crippen molar-refractivity contribution in [3.63, 3.8) is 0 Å². The Labute approximate surface area is 346 Å². The molecule has 4 rings (SSSR count). The molecule has 10 heteroatoms. The van der Waals surface area contributed by atoms with Crippen LogP contribution in [0.1, 0.15) is 89.7 Å². The van der Waals surface area contributed by atoms with Crippen molar-refractivity contribution >= 4 is 53.8 Å². The fourth-order valence-corrected chi connectivity index (χ4v) is 9.12. The summed E-state index contributed by atoms with van der Waals surface area (Å²) in [5, 5.41) is 0. The lowest BCUT2D eigenvalue weighted by Gasteiger charge is -2.38. The van der Waals surface area contributed by atoms with E-state index in [1.54, 1.807) is 14.2 Å². The highest BCUT2D eigenvalue weighted by molar-refractivity contribution is 9.10. The van der Waals surface area contributed by atoms with E-state index in [-0.39, 0.29) is 21.6 Å². The number of halogens is 2. The van der Waals surface area contributed by atoms with Gasteiger partial charge in [0.1, 0.15) is 11.5 Å². The number of benzene rings is 4. The van der Waals surface area contributed by atoms with Crippen molar-refractivity contribution in [3.05, 3.63) is 154 Å². The lowest BCUT2D eigenvalue weighted by molar-refractivity contribution is 0.412. The average molecular weight is 901 g/mol. The van der Waals surface area contributed by atoms with Crippen LogP contribution in [-0.2, 0) is 32.8 Å². The number of hydrogen-bond donors (Lipinski definition) is 2. The molecule has 0 saturated heterocycles. The summed E-state index contributed by atoms with van der Waals surface area (Å²) in [7, 11) is 0.799. The van der Waals surface area contributed by atoms with Crippen LogP contribution >= 0.6 is 31.9 Å². The maximum Gasteiger partial charge on any atom is 0.118 e. The molecule has 0 amide bonds. The molecular formula is C44H56Br2N2O4S2. The van der Waals surface area contributed by atoms with Gasteiger partial charge < -0.3 is 9.47 Å². The van der Waals surface area contributed by atoms with E-state index < -0.39 is 32.8 Å². The second kappa shape index (κ2) is 19.3. The normalized spacial score (nSPS) is 16.2. The molecule has 0 aliphatic carbocycles. The fraction of sp³-hybridized carbons (Fsp3) is 0.364. The van der Waals surface area contributed by atoms with Crippen LogP contribution in [0.15, 0.2) is 131 Å². The predicted octanol–water partition coefficient (Wildman–Crippen LogP) is 11.4. The minimum atomic E-state index is -1.25. The molecule has 54 heavy (non-hydrogen) atoms. The number of hydrogen-bond acceptors (Lipinski definition) is 4. The highest BCUT2D eigenvalue weighted by atomic mass is 79.9. The van der Waals surface area contributed by atoms with Crippen molar-refractivity contribution in [3.8, 4) is 11.5 Å². The molecule has 0 fully saturated rings. The lowest BCUT2D eigenvalue weighted by atomic mass is 9.74. The molecule has 0 aliphatic heterocycles. The standard InChI is InChI=1S/2C22H28BrNO2S/c2*1-7-22(5,18-10-8-9-11-19(18)23)20(24-27(25)21(2,3)4)16-12-14-17(26-6)15-13-16/h2*7-15,20,24H,1H2,2-6H3/t2*20-,22+,27-/m11/s1. The molecular weight excluding hydrogens is 844 g/mol. The third kappa shape index (κ3) is 11.1. The Morgan fingerprint density at radius 3 is 1.09 bits per heavy atom. The topological polar surface area (TPSA) is 76.7 Å². The van der Waals surface area contributed by atoms with Crippen LogP contribution < -0.4 is 18.9 Å². The van der Waals surface area contributed by atoms with Crippen LogP contribution in [0.25, 0.3) is 0 Å². The molecule has 2 N–H and O–H groups in total. The monoisotopic (exact) mass is 898 g/mol. The van der Waals surface area contributed by atoms with Gasteiger partial charge in [0, 0.05) is 19.8 Å². The average Bonchev–Trinajstić information content (AvgIpc) is 3.15. The quantitative estimate of drug-likeness (QED) is 0.124. The number of methoxy groups -OCH3 is 2. The number of rotatable bonds is 14. The Kier molecular flexibility index (Phi) is 16.3. The molecule has 0 saturated carbocycles. The zero-order valence-corrected chi connectivity index (χ0v) is 38.0. The minimum absolute atomic E-state index is 0.236. The molecule has 0 spiro atoms. The van der Waals surface area contributed by atoms with Crippen molar-refractivity contribution in [1.82, 2.24) is 9.44 Å². The van der Waals surface area contributed by atoms with Gasteiger partial charge in [0.25, 0.3) is 0 Å². The van der Waals surface area contributed by atoms with Crippen molar-refractivity contribution in [2.75, 3.05) is 14.2 Å². The molecule has 0 radical (unpaired) electrons. The molecule has 0 aromatic heterocycles. The van der Waals surface area contributed by atoms with Crippen LogP contribution in [-0.4, -0.2) is 32.1 Å². The zero-order chi connectivity index (χ0) is 40.5. The van der Waals surface area contributed by atoms with E-state index in [2.05, 4.69) is 80.4 Å². The Morgan fingerprint density at radius 2 is 0.852 bits per heavy atom. The summed E-state index contributed by atoms with van der Waals surface area (Å²) in [4.78, 5) is 0. The van der Waals surface area contributed by atoms with Crippen molar-refractivity contribution < 1.29 is 17.9 Å². The fourth-order valence-electron chi connectivity index (χ4n) is 5.80. The molecule has 0 unspecified atom stereocenters. The minimum Gasteiger partial charge on any atom is -0.497 e. The molecule has 292 valence electrons. The summed E-state index contributed by atoms with van der Waals surface area (Å²) in [6.07, 6.45) is 3.85. The van der Waals surface area contributed by atoms with Gasteiger partial charge in [0.15, 0.2) is 0 Å². The molecule has 0 heterocycles. The molecule has 6 atom stereocenters. The zero-order valence-electron chi connectivity index (χ0n) is 33.2. The maximum atomic E-state index is 13.0. The summed E-state index contributed by atoms with van der Waals surface area (Å²) in [5.41, 5.74) is 3.22. The van der Waals surface area contributed by atoms with Crippen LogP contribution in [0, 0.1) is 0 Å². The van der Waals surface area contributed by atoms with E-state index in [0.29, 0.717) is 0 Å². The maximum absolute atomic E-state index is 13.0. The van der Waals surface area contributed by atoms with Gasteiger partial charge in [-0.05, 0) is 100 Å². The van der Waals surface area contributed by atoms with Crippen LogP contribution in [0.4, 0.5) is 0 Å². The van der Waals surface area contributed by atoms with Gasteiger partial charge in [0.2, 0.25) is 0 Å². The predicted molar refractivity (Wildman–Crippen MR) is 237 cm³/mol. The third-order valence-electron chi connectivity index (χ3n) is 9.42. The van der Waals surface area contributed by atoms with Gasteiger partial charge >= 0.3 is 0 Å². The van der Waals surface area contributed by atoms with Gasteiger partial charge in [0.05, 0.1) is 57.8 Å². The SMILES string of the molecule is C=C[C@@](C)(c1ccccc1Br)[C@H](N[S@](=O)C(C)(C)C)c1ccc(OC)cc1.C=C[C@@](C)(c1ccccc1Br)[C@H](N[S@](=O)C(C)(C)C)c1ccc(OC)cc1. The summed E-state index contributed by atoms with van der Waals surface area (Å²) in [5.74, 6) is 1.58. The largest absolute Gasteiger partial charge is 0.497 e. The second-order valence-corrected chi connectivity index (χ2v) is 21.0. The van der Waals surface area contributed by atoms with Crippen LogP contribution in [0.3, 0.4) is 0 Å². The third-order valence-corrected chi connectivity index (χ3v) is 13.9. The Morgan fingerprint density at radius 1 is 0.556 bits per heavy atom. The molecule has 6 nitrogen and oxygen atoms in total. The van der Waals surface area contributed by atoms with Gasteiger partial charge in [-0.25, -0.2) is 17.9 Å². The van der Waals surface area contributed by atoms with Crippen LogP contribution in [0.2, 0.25) is 0 Å². The number of nitrogens with one attached hydrogen (secondary N) is 2. The molecule has 4 aromatic carbocycles. The van der Waals surface area contributed by atoms with E-state index >= 15 is 0 Å². The molecule has 0 aliphatic rings. The summed E-state index contributed by atoms with van der Waals surface area (Å²) in [6.45, 7) is 24.2. The van der Waals surface area contributed by atoms with Gasteiger partial charge in [-0.15, -0.1) is 13.2 Å². The Bertz CT molecular complexity index is 1770. The highest BCUT2D eigenvalue weighted by Gasteiger charge is 2.40. The van der Waals surface area contributed by atoms with Gasteiger partial charge in [-0.1, -0.05) is 119 Å². The first-order valence-corrected chi connectivity index (χ1v) is 21.6. The van der Waals surface area contributed by atoms with E-state index in [9.17, 15) is 8.42 Å². The first-order chi connectivity index (χ1) is 25.3. The lowest BCUT2D eigenvalue weighted by Crippen LogP contribution is -2.43. The first-order valence-electron chi connectivity index (χ1n) is 17.7. The summed E-state index contributed by atoms with van der Waals surface area (Å²) >= 11 is 7.34. The van der Waals surface area contributed by atoms with Crippen molar-refractivity contribution in [1.29, 1.82) is 0 Å². The van der Waals surface area contributed by atoms with E-state index in [0.717, 1.165) is 42.7 Å². The van der Waals surface area contributed by atoms with E-state index in [1.807, 2.05) is 139 Å². The van der Waals surface area contributed by atoms with Crippen molar-refractivity contribution in [2.45, 2.75) is 87.8 Å². The number of ether oxygens (including phenoxy) is 2. The summed E-state index contributed by atoms with van der Waals surface area (Å²) < 4.78 is 44.5. The molecule has 0 bridgehead atoms. The van der Waals surface area contributed by atoms with Crippen molar-refractivity contribution in [2.24, 2.45) is 0 Å². The Balaban J connectivity index is 0.000000290. The second-order valence-electron chi connectivity index (χ2n) is 15.3. The molecule has 4 aromatic rings. The highest BCUT2D eigenvalue weighted by Crippen LogP contribution is 2.44. The van der Waals surface area contributed by atoms with E-state index in [4.69, 9.17) is 9.47 Å². The smallest absolute Gasteiger partial charge is 0.118 e. The van der Waals surface area contributed by atoms with Gasteiger partial charge in [-0.2, -0.15) is 0 Å². The first kappa shape index (κ1) is 45.5. The summed E-state index contributed by atoms with van der Waals surface area (Å²) in [6, 6.07) is 31.4. The van der Waals surface area contributed by atoms with Gasteiger partial charge in [-0.3, -0.25) is 0 Å². The van der Waals surface area contributed by atoms with E-state index in [1.165, 1.54) is 0 Å². The Hall–Kier alpha value is -2.86. The van der Waals surface area contributed by atoms with Crippen LogP contribution in [0.5, 0.6) is 11.5 Å².